The maximum absolute atomic E-state index is 2.47. The van der Waals surface area contributed by atoms with Gasteiger partial charge in [0, 0.05) is 16.8 Å². The summed E-state index contributed by atoms with van der Waals surface area (Å²) in [7, 11) is 0. The van der Waals surface area contributed by atoms with Crippen LogP contribution in [0.4, 0.5) is 17.1 Å². The fraction of sp³-hybridized carbons (Fsp3) is 0.179. The van der Waals surface area contributed by atoms with Crippen molar-refractivity contribution in [2.24, 2.45) is 0 Å². The molecule has 4 aromatic carbocycles. The Labute approximate surface area is 238 Å². The number of benzene rings is 4. The molecule has 0 aromatic heterocycles. The van der Waals surface area contributed by atoms with Crippen molar-refractivity contribution in [2.75, 3.05) is 4.90 Å². The molecular weight excluding hydrogens is 482 g/mol. The molecule has 0 bridgehead atoms. The molecule has 3 aliphatic carbocycles. The van der Waals surface area contributed by atoms with E-state index in [0.29, 0.717) is 0 Å². The highest BCUT2D eigenvalue weighted by molar-refractivity contribution is 5.95. The molecule has 0 N–H and O–H groups in total. The molecule has 0 aliphatic heterocycles. The van der Waals surface area contributed by atoms with Gasteiger partial charge in [-0.25, -0.2) is 0 Å². The molecule has 0 heterocycles. The van der Waals surface area contributed by atoms with Gasteiger partial charge in [-0.3, -0.25) is 0 Å². The van der Waals surface area contributed by atoms with Crippen LogP contribution in [-0.4, -0.2) is 0 Å². The lowest BCUT2D eigenvalue weighted by molar-refractivity contribution is 0.655. The van der Waals surface area contributed by atoms with E-state index in [-0.39, 0.29) is 5.41 Å². The molecule has 3 aliphatic rings. The van der Waals surface area contributed by atoms with Gasteiger partial charge in [-0.1, -0.05) is 111 Å². The Morgan fingerprint density at radius 3 is 2.00 bits per heavy atom. The Morgan fingerprint density at radius 1 is 0.625 bits per heavy atom. The van der Waals surface area contributed by atoms with E-state index in [1.807, 2.05) is 0 Å². The van der Waals surface area contributed by atoms with Gasteiger partial charge < -0.3 is 4.90 Å². The predicted octanol–water partition coefficient (Wildman–Crippen LogP) is 11.0. The highest BCUT2D eigenvalue weighted by Crippen LogP contribution is 2.56. The van der Waals surface area contributed by atoms with Crippen LogP contribution in [0.25, 0.3) is 22.3 Å². The normalized spacial score (nSPS) is 16.9. The summed E-state index contributed by atoms with van der Waals surface area (Å²) >= 11 is 0. The van der Waals surface area contributed by atoms with Crippen molar-refractivity contribution in [2.45, 2.75) is 44.9 Å². The first kappa shape index (κ1) is 24.7. The van der Waals surface area contributed by atoms with E-state index >= 15 is 0 Å². The number of fused-ring (bicyclic) bond motifs is 3. The van der Waals surface area contributed by atoms with E-state index in [9.17, 15) is 0 Å². The maximum atomic E-state index is 2.47. The van der Waals surface area contributed by atoms with Crippen molar-refractivity contribution >= 4 is 28.2 Å². The summed E-state index contributed by atoms with van der Waals surface area (Å²) in [6.45, 7) is 4.80. The summed E-state index contributed by atoms with van der Waals surface area (Å²) in [6, 6.07) is 35.8. The third-order valence-electron chi connectivity index (χ3n) is 8.77. The van der Waals surface area contributed by atoms with Crippen LogP contribution >= 0.6 is 0 Å². The van der Waals surface area contributed by atoms with E-state index in [1.165, 1.54) is 61.6 Å². The van der Waals surface area contributed by atoms with Crippen molar-refractivity contribution in [3.8, 4) is 11.1 Å². The van der Waals surface area contributed by atoms with Crippen LogP contribution in [0.2, 0.25) is 0 Å². The molecule has 1 nitrogen and oxygen atoms in total. The largest absolute Gasteiger partial charge is 0.310 e. The molecule has 0 fully saturated rings. The molecule has 0 radical (unpaired) electrons. The standard InChI is InChI=1S/C39H35N/c1-39(2)36-18-10-9-16-34(36)35-17-11-19-37(38(35)39)40(32-24-20-30(21-25-32)28-12-5-3-6-13-28)33-26-22-31(23-27-33)29-14-7-4-8-15-29/h3-7,11-14,16-27H,8-10,15H2,1-2H3. The van der Waals surface area contributed by atoms with E-state index in [0.717, 1.165) is 25.7 Å². The molecule has 40 heavy (non-hydrogen) atoms. The summed E-state index contributed by atoms with van der Waals surface area (Å²) in [4.78, 5) is 2.47. The van der Waals surface area contributed by atoms with Gasteiger partial charge in [-0.05, 0) is 101 Å². The van der Waals surface area contributed by atoms with E-state index in [4.69, 9.17) is 0 Å². The number of allylic oxidation sites excluding steroid dienone is 8. The highest BCUT2D eigenvalue weighted by atomic mass is 15.1. The topological polar surface area (TPSA) is 3.24 Å². The van der Waals surface area contributed by atoms with Gasteiger partial charge in [-0.15, -0.1) is 0 Å². The minimum Gasteiger partial charge on any atom is -0.310 e. The summed E-state index contributed by atoms with van der Waals surface area (Å²) in [6.07, 6.45) is 16.1. The second kappa shape index (κ2) is 9.99. The summed E-state index contributed by atoms with van der Waals surface area (Å²) in [5.74, 6) is 0. The van der Waals surface area contributed by atoms with Gasteiger partial charge >= 0.3 is 0 Å². The number of rotatable bonds is 5. The monoisotopic (exact) mass is 517 g/mol. The Hall–Kier alpha value is -4.36. The first-order chi connectivity index (χ1) is 19.6. The zero-order chi connectivity index (χ0) is 27.1. The quantitative estimate of drug-likeness (QED) is 0.254. The number of nitrogens with zero attached hydrogens (tertiary/aromatic N) is 1. The van der Waals surface area contributed by atoms with Gasteiger partial charge in [0.05, 0.1) is 5.69 Å². The molecule has 0 saturated carbocycles. The van der Waals surface area contributed by atoms with Crippen LogP contribution in [0, 0.1) is 0 Å². The molecule has 1 heteroatoms. The average molecular weight is 518 g/mol. The molecule has 4 aromatic rings. The molecular formula is C39H35N. The average Bonchev–Trinajstić information content (AvgIpc) is 3.26. The minimum atomic E-state index is -0.0560. The van der Waals surface area contributed by atoms with E-state index in [1.54, 1.807) is 0 Å². The molecule has 0 unspecified atom stereocenters. The predicted molar refractivity (Wildman–Crippen MR) is 171 cm³/mol. The molecule has 196 valence electrons. The highest BCUT2D eigenvalue weighted by Gasteiger charge is 2.41. The van der Waals surface area contributed by atoms with Gasteiger partial charge in [0.15, 0.2) is 0 Å². The lowest BCUT2D eigenvalue weighted by Crippen LogP contribution is -2.21. The second-order valence-corrected chi connectivity index (χ2v) is 11.6. The number of hydrogen-bond acceptors (Lipinski definition) is 1. The van der Waals surface area contributed by atoms with Crippen LogP contribution in [0.5, 0.6) is 0 Å². The number of anilines is 3. The van der Waals surface area contributed by atoms with Gasteiger partial charge in [0.25, 0.3) is 0 Å². The van der Waals surface area contributed by atoms with Crippen molar-refractivity contribution in [3.63, 3.8) is 0 Å². The van der Waals surface area contributed by atoms with E-state index < -0.39 is 0 Å². The van der Waals surface area contributed by atoms with Crippen molar-refractivity contribution < 1.29 is 0 Å². The summed E-state index contributed by atoms with van der Waals surface area (Å²) < 4.78 is 0. The van der Waals surface area contributed by atoms with Gasteiger partial charge in [-0.2, -0.15) is 0 Å². The smallest absolute Gasteiger partial charge is 0.0508 e. The third kappa shape index (κ3) is 4.18. The summed E-state index contributed by atoms with van der Waals surface area (Å²) in [5, 5.41) is 0. The van der Waals surface area contributed by atoms with Crippen LogP contribution in [-0.2, 0) is 5.41 Å². The molecule has 7 rings (SSSR count). The van der Waals surface area contributed by atoms with Crippen LogP contribution in [0.3, 0.4) is 0 Å². The lowest BCUT2D eigenvalue weighted by atomic mass is 9.79. The third-order valence-corrected chi connectivity index (χ3v) is 8.77. The zero-order valence-electron chi connectivity index (χ0n) is 23.4. The first-order valence-corrected chi connectivity index (χ1v) is 14.6. The first-order valence-electron chi connectivity index (χ1n) is 14.6. The summed E-state index contributed by atoms with van der Waals surface area (Å²) in [5.41, 5.74) is 14.5. The Balaban J connectivity index is 1.38. The molecule has 0 amide bonds. The maximum Gasteiger partial charge on any atom is 0.0508 e. The molecule has 0 saturated heterocycles. The minimum absolute atomic E-state index is 0.0560. The number of hydrogen-bond donors (Lipinski definition) is 0. The zero-order valence-corrected chi connectivity index (χ0v) is 23.4. The van der Waals surface area contributed by atoms with Crippen molar-refractivity contribution in [3.05, 3.63) is 150 Å². The lowest BCUT2D eigenvalue weighted by Gasteiger charge is -2.32. The Kier molecular flexibility index (Phi) is 6.16. The van der Waals surface area contributed by atoms with Gasteiger partial charge in [0.2, 0.25) is 0 Å². The van der Waals surface area contributed by atoms with Crippen LogP contribution in [0.1, 0.15) is 56.2 Å². The van der Waals surface area contributed by atoms with Crippen molar-refractivity contribution in [1.82, 2.24) is 0 Å². The van der Waals surface area contributed by atoms with Crippen molar-refractivity contribution in [1.29, 1.82) is 0 Å². The molecule has 0 atom stereocenters. The molecule has 0 spiro atoms. The fourth-order valence-corrected chi connectivity index (χ4v) is 6.79. The van der Waals surface area contributed by atoms with Gasteiger partial charge in [0.1, 0.15) is 0 Å². The Morgan fingerprint density at radius 2 is 1.30 bits per heavy atom. The fourth-order valence-electron chi connectivity index (χ4n) is 6.79. The van der Waals surface area contributed by atoms with E-state index in [2.05, 4.69) is 146 Å². The van der Waals surface area contributed by atoms with Crippen LogP contribution in [0.15, 0.2) is 133 Å². The Bertz CT molecular complexity index is 1680. The van der Waals surface area contributed by atoms with Crippen LogP contribution < -0.4 is 4.90 Å². The second-order valence-electron chi connectivity index (χ2n) is 11.6. The SMILES string of the molecule is CC1(C)C2=CCCC=C2c2cccc(N(c3ccc(C4=CC=CCC4)cc3)c3ccc(-c4ccccc4)cc3)c21.